The zero-order chi connectivity index (χ0) is 21.5. The molecule has 1 unspecified atom stereocenters. The van der Waals surface area contributed by atoms with Crippen molar-refractivity contribution >= 4 is 5.91 Å². The van der Waals surface area contributed by atoms with Crippen LogP contribution in [0.5, 0.6) is 5.75 Å². The van der Waals surface area contributed by atoms with Crippen LogP contribution in [0.1, 0.15) is 17.0 Å². The fourth-order valence-corrected chi connectivity index (χ4v) is 3.67. The summed E-state index contributed by atoms with van der Waals surface area (Å²) in [7, 11) is 1.64. The molecule has 1 aromatic carbocycles. The molecule has 1 amide bonds. The Bertz CT molecular complexity index is 947. The Morgan fingerprint density at radius 2 is 1.97 bits per heavy atom. The standard InChI is InChI=1S/C23H27N5O3/c1-30-20-6-4-18(5-7-20)12-28-14-21(31-17-19-3-2-8-24-11-19)13-27(16-23(28)29)15-22-25-9-10-26-22/h2-11,21H,12-17H2,1H3,(H,25,26). The highest BCUT2D eigenvalue weighted by Crippen LogP contribution is 2.17. The third-order valence-electron chi connectivity index (χ3n) is 5.27. The lowest BCUT2D eigenvalue weighted by Gasteiger charge is -2.25. The lowest BCUT2D eigenvalue weighted by molar-refractivity contribution is -0.132. The van der Waals surface area contributed by atoms with Crippen LogP contribution in [0, 0.1) is 0 Å². The first-order chi connectivity index (χ1) is 15.2. The van der Waals surface area contributed by atoms with Gasteiger partial charge in [0.2, 0.25) is 5.91 Å². The molecule has 1 aliphatic rings. The van der Waals surface area contributed by atoms with Gasteiger partial charge in [-0.25, -0.2) is 4.98 Å². The van der Waals surface area contributed by atoms with Crippen molar-refractivity contribution in [3.63, 3.8) is 0 Å². The molecular formula is C23H27N5O3. The number of aromatic nitrogens is 3. The Morgan fingerprint density at radius 3 is 2.68 bits per heavy atom. The van der Waals surface area contributed by atoms with Crippen molar-refractivity contribution in [3.05, 3.63) is 78.1 Å². The lowest BCUT2D eigenvalue weighted by atomic mass is 10.2. The summed E-state index contributed by atoms with van der Waals surface area (Å²) in [6.07, 6.45) is 6.94. The highest BCUT2D eigenvalue weighted by atomic mass is 16.5. The number of carbonyl (C=O) groups excluding carboxylic acids is 1. The van der Waals surface area contributed by atoms with Gasteiger partial charge in [-0.3, -0.25) is 14.7 Å². The zero-order valence-corrected chi connectivity index (χ0v) is 17.6. The minimum absolute atomic E-state index is 0.0786. The molecule has 3 aromatic rings. The third-order valence-corrected chi connectivity index (χ3v) is 5.27. The van der Waals surface area contributed by atoms with Crippen LogP contribution in [-0.4, -0.2) is 63.5 Å². The van der Waals surface area contributed by atoms with Gasteiger partial charge < -0.3 is 19.4 Å². The minimum atomic E-state index is -0.125. The number of H-pyrrole nitrogens is 1. The number of hydrogen-bond acceptors (Lipinski definition) is 6. The summed E-state index contributed by atoms with van der Waals surface area (Å²) >= 11 is 0. The number of hydrogen-bond donors (Lipinski definition) is 1. The van der Waals surface area contributed by atoms with Crippen molar-refractivity contribution in [1.82, 2.24) is 24.8 Å². The van der Waals surface area contributed by atoms with E-state index in [9.17, 15) is 4.79 Å². The van der Waals surface area contributed by atoms with Crippen LogP contribution in [0.3, 0.4) is 0 Å². The van der Waals surface area contributed by atoms with Crippen molar-refractivity contribution in [2.24, 2.45) is 0 Å². The van der Waals surface area contributed by atoms with E-state index in [4.69, 9.17) is 9.47 Å². The molecule has 0 spiro atoms. The van der Waals surface area contributed by atoms with E-state index >= 15 is 0 Å². The molecule has 1 atom stereocenters. The molecule has 0 saturated carbocycles. The van der Waals surface area contributed by atoms with Gasteiger partial charge in [0.15, 0.2) is 0 Å². The second kappa shape index (κ2) is 10.2. The highest BCUT2D eigenvalue weighted by molar-refractivity contribution is 5.78. The first kappa shape index (κ1) is 21.0. The largest absolute Gasteiger partial charge is 0.497 e. The van der Waals surface area contributed by atoms with Gasteiger partial charge in [-0.05, 0) is 29.3 Å². The Labute approximate surface area is 181 Å². The van der Waals surface area contributed by atoms with Gasteiger partial charge in [-0.2, -0.15) is 0 Å². The quantitative estimate of drug-likeness (QED) is 0.601. The van der Waals surface area contributed by atoms with E-state index in [1.165, 1.54) is 0 Å². The molecule has 1 saturated heterocycles. The van der Waals surface area contributed by atoms with Crippen molar-refractivity contribution in [1.29, 1.82) is 0 Å². The van der Waals surface area contributed by atoms with Crippen molar-refractivity contribution < 1.29 is 14.3 Å². The normalized spacial score (nSPS) is 17.5. The topological polar surface area (TPSA) is 83.6 Å². The van der Waals surface area contributed by atoms with E-state index in [1.807, 2.05) is 41.3 Å². The van der Waals surface area contributed by atoms with Crippen molar-refractivity contribution in [3.8, 4) is 5.75 Å². The van der Waals surface area contributed by atoms with E-state index < -0.39 is 0 Å². The summed E-state index contributed by atoms with van der Waals surface area (Å²) in [6, 6.07) is 11.7. The molecule has 2 aromatic heterocycles. The van der Waals surface area contributed by atoms with E-state index in [0.29, 0.717) is 39.3 Å². The summed E-state index contributed by atoms with van der Waals surface area (Å²) < 4.78 is 11.5. The molecule has 0 bridgehead atoms. The van der Waals surface area contributed by atoms with E-state index in [1.54, 1.807) is 31.9 Å². The number of aromatic amines is 1. The number of ether oxygens (including phenoxy) is 2. The number of nitrogens with zero attached hydrogens (tertiary/aromatic N) is 4. The zero-order valence-electron chi connectivity index (χ0n) is 17.6. The molecule has 162 valence electrons. The van der Waals surface area contributed by atoms with Crippen LogP contribution in [0.4, 0.5) is 0 Å². The molecule has 0 radical (unpaired) electrons. The average Bonchev–Trinajstić information content (AvgIpc) is 3.26. The number of benzene rings is 1. The van der Waals surface area contributed by atoms with Crippen LogP contribution in [0.2, 0.25) is 0 Å². The number of rotatable bonds is 8. The van der Waals surface area contributed by atoms with Crippen molar-refractivity contribution in [2.75, 3.05) is 26.7 Å². The van der Waals surface area contributed by atoms with Gasteiger partial charge in [0.05, 0.1) is 32.9 Å². The van der Waals surface area contributed by atoms with E-state index in [0.717, 1.165) is 22.7 Å². The maximum absolute atomic E-state index is 13.1. The first-order valence-electron chi connectivity index (χ1n) is 10.3. The number of imidazole rings is 1. The Balaban J connectivity index is 1.47. The maximum Gasteiger partial charge on any atom is 0.237 e. The highest BCUT2D eigenvalue weighted by Gasteiger charge is 2.29. The van der Waals surface area contributed by atoms with Gasteiger partial charge >= 0.3 is 0 Å². The van der Waals surface area contributed by atoms with Crippen LogP contribution >= 0.6 is 0 Å². The summed E-state index contributed by atoms with van der Waals surface area (Å²) in [5, 5.41) is 0. The fourth-order valence-electron chi connectivity index (χ4n) is 3.67. The number of carbonyl (C=O) groups is 1. The number of pyridine rings is 1. The second-order valence-corrected chi connectivity index (χ2v) is 7.62. The number of nitrogens with one attached hydrogen (secondary N) is 1. The van der Waals surface area contributed by atoms with Crippen LogP contribution in [0.25, 0.3) is 0 Å². The van der Waals surface area contributed by atoms with Crippen LogP contribution in [-0.2, 0) is 29.2 Å². The summed E-state index contributed by atoms with van der Waals surface area (Å²) in [4.78, 5) is 28.6. The molecule has 4 rings (SSSR count). The molecule has 8 nitrogen and oxygen atoms in total. The summed E-state index contributed by atoms with van der Waals surface area (Å²) in [6.45, 7) is 3.05. The van der Waals surface area contributed by atoms with Gasteiger partial charge in [0.25, 0.3) is 0 Å². The molecule has 1 N–H and O–H groups in total. The van der Waals surface area contributed by atoms with Crippen LogP contribution in [0.15, 0.2) is 61.2 Å². The summed E-state index contributed by atoms with van der Waals surface area (Å²) in [5.41, 5.74) is 2.07. The SMILES string of the molecule is COc1ccc(CN2CC(OCc3cccnc3)CN(Cc3ncc[nH]3)CC2=O)cc1. The summed E-state index contributed by atoms with van der Waals surface area (Å²) in [5.74, 6) is 1.71. The average molecular weight is 422 g/mol. The lowest BCUT2D eigenvalue weighted by Crippen LogP contribution is -2.37. The maximum atomic E-state index is 13.1. The molecule has 0 aliphatic carbocycles. The molecule has 3 heterocycles. The number of methoxy groups -OCH3 is 1. The molecule has 1 aliphatic heterocycles. The van der Waals surface area contributed by atoms with Crippen LogP contribution < -0.4 is 4.74 Å². The molecular weight excluding hydrogens is 394 g/mol. The monoisotopic (exact) mass is 421 g/mol. The van der Waals surface area contributed by atoms with E-state index in [-0.39, 0.29) is 12.0 Å². The fraction of sp³-hybridized carbons (Fsp3) is 0.348. The van der Waals surface area contributed by atoms with Gasteiger partial charge in [-0.1, -0.05) is 18.2 Å². The Hall–Kier alpha value is -3.23. The third kappa shape index (κ3) is 5.90. The Morgan fingerprint density at radius 1 is 1.10 bits per heavy atom. The first-order valence-corrected chi connectivity index (χ1v) is 10.3. The molecule has 8 heteroatoms. The smallest absolute Gasteiger partial charge is 0.237 e. The predicted octanol–water partition coefficient (Wildman–Crippen LogP) is 2.24. The van der Waals surface area contributed by atoms with Gasteiger partial charge in [-0.15, -0.1) is 0 Å². The van der Waals surface area contributed by atoms with Crippen molar-refractivity contribution in [2.45, 2.75) is 25.8 Å². The van der Waals surface area contributed by atoms with Gasteiger partial charge in [0, 0.05) is 44.4 Å². The molecule has 1 fully saturated rings. The van der Waals surface area contributed by atoms with Gasteiger partial charge in [0.1, 0.15) is 11.6 Å². The predicted molar refractivity (Wildman–Crippen MR) is 115 cm³/mol. The minimum Gasteiger partial charge on any atom is -0.497 e. The van der Waals surface area contributed by atoms with E-state index in [2.05, 4.69) is 19.9 Å². The number of amides is 1. The molecule has 31 heavy (non-hydrogen) atoms. The Kier molecular flexibility index (Phi) is 6.91. The second-order valence-electron chi connectivity index (χ2n) is 7.62.